The second kappa shape index (κ2) is 6.56. The summed E-state index contributed by atoms with van der Waals surface area (Å²) in [4.78, 5) is 17.6. The minimum atomic E-state index is 0.146. The van der Waals surface area contributed by atoms with Crippen molar-refractivity contribution in [3.05, 3.63) is 76.1 Å². The highest BCUT2D eigenvalue weighted by atomic mass is 15.1. The molecule has 0 spiro atoms. The van der Waals surface area contributed by atoms with Gasteiger partial charge in [-0.25, -0.2) is 9.98 Å². The molecule has 5 rings (SSSR count). The van der Waals surface area contributed by atoms with E-state index in [2.05, 4.69) is 51.4 Å². The molecule has 1 aromatic carbocycles. The molecule has 0 radical (unpaired) electrons. The van der Waals surface area contributed by atoms with Crippen molar-refractivity contribution in [2.75, 3.05) is 11.5 Å². The van der Waals surface area contributed by atoms with Crippen LogP contribution in [0.25, 0.3) is 17.1 Å². The van der Waals surface area contributed by atoms with Gasteiger partial charge >= 0.3 is 0 Å². The Balaban J connectivity index is 1.51. The van der Waals surface area contributed by atoms with Gasteiger partial charge in [0.1, 0.15) is 5.82 Å². The van der Waals surface area contributed by atoms with E-state index >= 15 is 0 Å². The zero-order chi connectivity index (χ0) is 19.1. The van der Waals surface area contributed by atoms with E-state index in [4.69, 9.17) is 16.5 Å². The fourth-order valence-corrected chi connectivity index (χ4v) is 3.99. The summed E-state index contributed by atoms with van der Waals surface area (Å²) in [7, 11) is 0. The Bertz CT molecular complexity index is 1270. The topological polar surface area (TPSA) is 103 Å². The highest BCUT2D eigenvalue weighted by molar-refractivity contribution is 5.86. The number of nitrogens with zero attached hydrogens (tertiary/aromatic N) is 4. The van der Waals surface area contributed by atoms with E-state index in [1.165, 1.54) is 10.8 Å². The quantitative estimate of drug-likeness (QED) is 0.721. The third-order valence-electron chi connectivity index (χ3n) is 5.37. The molecule has 3 heterocycles. The Morgan fingerprint density at radius 2 is 2.00 bits per heavy atom. The van der Waals surface area contributed by atoms with E-state index in [-0.39, 0.29) is 5.95 Å². The number of anilines is 2. The number of aromatic nitrogens is 3. The number of hydrogen-bond donors (Lipinski definition) is 2. The van der Waals surface area contributed by atoms with Crippen LogP contribution >= 0.6 is 0 Å². The molecule has 0 saturated heterocycles. The van der Waals surface area contributed by atoms with E-state index in [0.717, 1.165) is 41.3 Å². The maximum Gasteiger partial charge on any atom is 0.224 e. The average molecular weight is 368 g/mol. The van der Waals surface area contributed by atoms with Gasteiger partial charge in [-0.2, -0.15) is 9.97 Å². The van der Waals surface area contributed by atoms with Crippen LogP contribution in [0.5, 0.6) is 0 Å². The molecule has 6 nitrogen and oxygen atoms in total. The number of rotatable bonds is 2. The third kappa shape index (κ3) is 2.93. The van der Waals surface area contributed by atoms with Crippen LogP contribution in [0.2, 0.25) is 0 Å². The van der Waals surface area contributed by atoms with E-state index in [1.807, 2.05) is 18.3 Å². The molecule has 0 saturated carbocycles. The molecule has 3 aromatic rings. The monoisotopic (exact) mass is 368 g/mol. The first-order valence-corrected chi connectivity index (χ1v) is 9.38. The molecule has 6 heteroatoms. The van der Waals surface area contributed by atoms with Gasteiger partial charge in [0.15, 0.2) is 5.65 Å². The van der Waals surface area contributed by atoms with Gasteiger partial charge in [0.05, 0.1) is 16.4 Å². The molecule has 0 bridgehead atoms. The molecule has 1 aliphatic carbocycles. The summed E-state index contributed by atoms with van der Waals surface area (Å²) >= 11 is 0. The fourth-order valence-electron chi connectivity index (χ4n) is 3.99. The van der Waals surface area contributed by atoms with Gasteiger partial charge in [0, 0.05) is 6.20 Å². The van der Waals surface area contributed by atoms with E-state index in [0.29, 0.717) is 17.4 Å². The van der Waals surface area contributed by atoms with Crippen LogP contribution in [0.3, 0.4) is 0 Å². The Hall–Kier alpha value is -3.54. The average Bonchev–Trinajstić information content (AvgIpc) is 2.88. The maximum absolute atomic E-state index is 6.02. The van der Waals surface area contributed by atoms with Crippen molar-refractivity contribution < 1.29 is 0 Å². The SMILES string of the molecule is Nc1nc(N)c2cc(CC3CC=CC4=C3CC=c3ccccc3=N4)cnc2n1. The summed E-state index contributed by atoms with van der Waals surface area (Å²) < 4.78 is 0. The first-order valence-electron chi connectivity index (χ1n) is 9.38. The maximum atomic E-state index is 6.02. The van der Waals surface area contributed by atoms with Crippen molar-refractivity contribution in [1.82, 2.24) is 15.0 Å². The molecule has 28 heavy (non-hydrogen) atoms. The summed E-state index contributed by atoms with van der Waals surface area (Å²) in [6, 6.07) is 10.3. The summed E-state index contributed by atoms with van der Waals surface area (Å²) in [5, 5.41) is 2.98. The molecular formula is C22H20N6. The largest absolute Gasteiger partial charge is 0.383 e. The molecule has 2 aromatic heterocycles. The molecule has 138 valence electrons. The van der Waals surface area contributed by atoms with E-state index in [9.17, 15) is 0 Å². The van der Waals surface area contributed by atoms with Crippen molar-refractivity contribution in [3.63, 3.8) is 0 Å². The van der Waals surface area contributed by atoms with Crippen molar-refractivity contribution in [1.29, 1.82) is 0 Å². The Labute approximate surface area is 162 Å². The molecule has 0 fully saturated rings. The Morgan fingerprint density at radius 1 is 1.11 bits per heavy atom. The van der Waals surface area contributed by atoms with Gasteiger partial charge in [0.2, 0.25) is 5.95 Å². The molecule has 2 aliphatic rings. The minimum Gasteiger partial charge on any atom is -0.383 e. The van der Waals surface area contributed by atoms with Gasteiger partial charge in [-0.05, 0) is 59.7 Å². The number of nitrogen functional groups attached to an aromatic ring is 2. The lowest BCUT2D eigenvalue weighted by molar-refractivity contribution is 0.595. The second-order valence-electron chi connectivity index (χ2n) is 7.21. The predicted molar refractivity (Wildman–Crippen MR) is 110 cm³/mol. The zero-order valence-electron chi connectivity index (χ0n) is 15.3. The summed E-state index contributed by atoms with van der Waals surface area (Å²) in [6.07, 6.45) is 11.3. The lowest BCUT2D eigenvalue weighted by atomic mass is 9.83. The van der Waals surface area contributed by atoms with E-state index < -0.39 is 0 Å². The molecule has 1 unspecified atom stereocenters. The first kappa shape index (κ1) is 16.6. The van der Waals surface area contributed by atoms with Gasteiger partial charge in [0.25, 0.3) is 0 Å². The standard InChI is InChI=1S/C22H20N6/c23-20-17-11-13(12-25-21(17)28-22(24)27-20)10-15-5-3-7-19-16(15)9-8-14-4-1-2-6-18(14)26-19/h1-4,6-8,11-12,15H,5,9-10H2,(H4,23,24,25,27,28). The van der Waals surface area contributed by atoms with Crippen molar-refractivity contribution in [2.45, 2.75) is 19.3 Å². The Kier molecular flexibility index (Phi) is 3.90. The third-order valence-corrected chi connectivity index (χ3v) is 5.37. The summed E-state index contributed by atoms with van der Waals surface area (Å²) in [5.41, 5.74) is 15.8. The number of para-hydroxylation sites is 1. The van der Waals surface area contributed by atoms with Gasteiger partial charge in [-0.15, -0.1) is 0 Å². The van der Waals surface area contributed by atoms with Gasteiger partial charge < -0.3 is 11.5 Å². The fraction of sp³-hybridized carbons (Fsp3) is 0.182. The van der Waals surface area contributed by atoms with Crippen LogP contribution in [-0.2, 0) is 6.42 Å². The lowest BCUT2D eigenvalue weighted by Crippen LogP contribution is -2.23. The Morgan fingerprint density at radius 3 is 2.93 bits per heavy atom. The van der Waals surface area contributed by atoms with Crippen molar-refractivity contribution in [3.8, 4) is 0 Å². The smallest absolute Gasteiger partial charge is 0.224 e. The van der Waals surface area contributed by atoms with Crippen LogP contribution in [0.1, 0.15) is 18.4 Å². The second-order valence-corrected chi connectivity index (χ2v) is 7.21. The molecule has 0 amide bonds. The van der Waals surface area contributed by atoms with Crippen LogP contribution < -0.4 is 22.0 Å². The van der Waals surface area contributed by atoms with E-state index in [1.54, 1.807) is 0 Å². The molecule has 4 N–H and O–H groups in total. The minimum absolute atomic E-state index is 0.146. The first-order chi connectivity index (χ1) is 13.7. The molecular weight excluding hydrogens is 348 g/mol. The highest BCUT2D eigenvalue weighted by Crippen LogP contribution is 2.32. The van der Waals surface area contributed by atoms with Crippen LogP contribution in [0.15, 0.2) is 64.9 Å². The van der Waals surface area contributed by atoms with Gasteiger partial charge in [-0.1, -0.05) is 30.4 Å². The number of fused-ring (bicyclic) bond motifs is 2. The van der Waals surface area contributed by atoms with Crippen molar-refractivity contribution >= 4 is 28.9 Å². The summed E-state index contributed by atoms with van der Waals surface area (Å²) in [5.74, 6) is 0.894. The number of nitrogens with two attached hydrogens (primary N) is 2. The number of benzene rings is 1. The highest BCUT2D eigenvalue weighted by Gasteiger charge is 2.21. The van der Waals surface area contributed by atoms with Crippen LogP contribution in [0.4, 0.5) is 11.8 Å². The van der Waals surface area contributed by atoms with Crippen LogP contribution in [-0.4, -0.2) is 15.0 Å². The lowest BCUT2D eigenvalue weighted by Gasteiger charge is -2.23. The zero-order valence-corrected chi connectivity index (χ0v) is 15.3. The predicted octanol–water partition coefficient (Wildman–Crippen LogP) is 2.07. The normalized spacial score (nSPS) is 18.1. The summed E-state index contributed by atoms with van der Waals surface area (Å²) in [6.45, 7) is 0. The number of hydrogen-bond acceptors (Lipinski definition) is 6. The number of pyridine rings is 1. The number of allylic oxidation sites excluding steroid dienone is 3. The van der Waals surface area contributed by atoms with Crippen molar-refractivity contribution in [2.24, 2.45) is 10.9 Å². The van der Waals surface area contributed by atoms with Gasteiger partial charge in [-0.3, -0.25) is 0 Å². The molecule has 1 atom stereocenters. The molecule has 1 aliphatic heterocycles. The van der Waals surface area contributed by atoms with Crippen LogP contribution in [0, 0.1) is 5.92 Å².